The van der Waals surface area contributed by atoms with E-state index in [1.54, 1.807) is 6.92 Å². The van der Waals surface area contributed by atoms with Crippen molar-refractivity contribution in [1.82, 2.24) is 4.31 Å². The minimum atomic E-state index is -3.84. The molecule has 1 aromatic carbocycles. The van der Waals surface area contributed by atoms with Crippen molar-refractivity contribution in [2.45, 2.75) is 12.7 Å². The van der Waals surface area contributed by atoms with Crippen molar-refractivity contribution in [3.8, 4) is 0 Å². The van der Waals surface area contributed by atoms with Crippen LogP contribution in [-0.2, 0) is 15.8 Å². The van der Waals surface area contributed by atoms with E-state index in [1.807, 2.05) is 0 Å². The Kier molecular flexibility index (Phi) is 5.18. The zero-order valence-corrected chi connectivity index (χ0v) is 10.8. The fraction of sp³-hybridized carbons (Fsp3) is 0.455. The summed E-state index contributed by atoms with van der Waals surface area (Å²) in [6.45, 7) is 1.30. The fourth-order valence-corrected chi connectivity index (χ4v) is 3.13. The summed E-state index contributed by atoms with van der Waals surface area (Å²) in [6.07, 6.45) is 0. The van der Waals surface area contributed by atoms with E-state index in [-0.39, 0.29) is 19.7 Å². The van der Waals surface area contributed by atoms with Crippen LogP contribution >= 0.6 is 0 Å². The van der Waals surface area contributed by atoms with Crippen LogP contribution in [0.3, 0.4) is 0 Å². The van der Waals surface area contributed by atoms with E-state index in [1.165, 1.54) is 6.07 Å². The molecule has 0 heterocycles. The molecule has 0 aliphatic heterocycles. The van der Waals surface area contributed by atoms with Gasteiger partial charge in [0.25, 0.3) is 0 Å². The normalized spacial score (nSPS) is 12.1. The molecule has 0 aliphatic carbocycles. The van der Waals surface area contributed by atoms with Gasteiger partial charge in [-0.25, -0.2) is 17.2 Å². The van der Waals surface area contributed by atoms with Gasteiger partial charge in [0, 0.05) is 18.7 Å². The lowest BCUT2D eigenvalue weighted by atomic mass is 10.2. The molecule has 1 N–H and O–H groups in total. The summed E-state index contributed by atoms with van der Waals surface area (Å²) < 4.78 is 51.5. The Morgan fingerprint density at radius 1 is 1.28 bits per heavy atom. The smallest absolute Gasteiger partial charge is 0.218 e. The second-order valence-corrected chi connectivity index (χ2v) is 5.64. The summed E-state index contributed by atoms with van der Waals surface area (Å²) >= 11 is 0. The van der Waals surface area contributed by atoms with Crippen molar-refractivity contribution in [3.63, 3.8) is 0 Å². The maximum Gasteiger partial charge on any atom is 0.218 e. The first-order chi connectivity index (χ1) is 8.42. The summed E-state index contributed by atoms with van der Waals surface area (Å²) in [4.78, 5) is 0. The molecular formula is C11H15F2NO3S. The summed E-state index contributed by atoms with van der Waals surface area (Å²) in [7, 11) is -3.84. The zero-order chi connectivity index (χ0) is 13.8. The predicted molar refractivity (Wildman–Crippen MR) is 63.3 cm³/mol. The first-order valence-corrected chi connectivity index (χ1v) is 7.05. The van der Waals surface area contributed by atoms with E-state index < -0.39 is 33.0 Å². The largest absolute Gasteiger partial charge is 0.395 e. The number of benzene rings is 1. The second kappa shape index (κ2) is 6.21. The zero-order valence-electron chi connectivity index (χ0n) is 9.94. The lowest BCUT2D eigenvalue weighted by Gasteiger charge is -2.19. The molecule has 0 amide bonds. The van der Waals surface area contributed by atoms with Crippen molar-refractivity contribution < 1.29 is 22.3 Å². The van der Waals surface area contributed by atoms with Gasteiger partial charge in [-0.1, -0.05) is 13.0 Å². The van der Waals surface area contributed by atoms with Crippen LogP contribution in [-0.4, -0.2) is 37.5 Å². The van der Waals surface area contributed by atoms with Gasteiger partial charge in [0.2, 0.25) is 10.0 Å². The minimum Gasteiger partial charge on any atom is -0.395 e. The minimum absolute atomic E-state index is 0.0884. The molecule has 102 valence electrons. The summed E-state index contributed by atoms with van der Waals surface area (Å²) in [5.74, 6) is -2.53. The van der Waals surface area contributed by atoms with E-state index in [0.717, 1.165) is 16.4 Å². The van der Waals surface area contributed by atoms with Gasteiger partial charge in [0.05, 0.1) is 12.4 Å². The van der Waals surface area contributed by atoms with Crippen molar-refractivity contribution in [3.05, 3.63) is 35.4 Å². The van der Waals surface area contributed by atoms with Gasteiger partial charge in [-0.05, 0) is 12.1 Å². The molecule has 0 fully saturated rings. The molecule has 7 heteroatoms. The number of aliphatic hydroxyl groups excluding tert-OH is 1. The lowest BCUT2D eigenvalue weighted by Crippen LogP contribution is -2.34. The second-order valence-electron chi connectivity index (χ2n) is 3.67. The molecule has 0 aliphatic rings. The Morgan fingerprint density at radius 2 is 1.83 bits per heavy atom. The molecule has 0 bridgehead atoms. The van der Waals surface area contributed by atoms with Crippen molar-refractivity contribution >= 4 is 10.0 Å². The molecule has 0 unspecified atom stereocenters. The van der Waals surface area contributed by atoms with Crippen LogP contribution in [0.15, 0.2) is 18.2 Å². The molecule has 0 spiro atoms. The molecule has 1 aromatic rings. The van der Waals surface area contributed by atoms with Crippen molar-refractivity contribution in [1.29, 1.82) is 0 Å². The van der Waals surface area contributed by atoms with Gasteiger partial charge < -0.3 is 5.11 Å². The first-order valence-electron chi connectivity index (χ1n) is 5.44. The number of halogens is 2. The highest BCUT2D eigenvalue weighted by Gasteiger charge is 2.23. The predicted octanol–water partition coefficient (Wildman–Crippen LogP) is 1.11. The van der Waals surface area contributed by atoms with Gasteiger partial charge in [-0.2, -0.15) is 4.31 Å². The molecule has 0 saturated heterocycles. The first kappa shape index (κ1) is 15.0. The third-order valence-corrected chi connectivity index (χ3v) is 4.36. The number of hydrogen-bond acceptors (Lipinski definition) is 3. The van der Waals surface area contributed by atoms with E-state index in [0.29, 0.717) is 0 Å². The average Bonchev–Trinajstić information content (AvgIpc) is 2.31. The molecule has 4 nitrogen and oxygen atoms in total. The van der Waals surface area contributed by atoms with E-state index >= 15 is 0 Å². The Balaban J connectivity index is 3.02. The number of hydrogen-bond donors (Lipinski definition) is 1. The Hall–Kier alpha value is -1.05. The molecule has 1 rings (SSSR count). The van der Waals surface area contributed by atoms with Crippen LogP contribution in [0.4, 0.5) is 8.78 Å². The number of likely N-dealkylation sites (N-methyl/N-ethyl adjacent to an activating group) is 1. The van der Waals surface area contributed by atoms with E-state index in [9.17, 15) is 17.2 Å². The SMILES string of the molecule is CCN(CCO)S(=O)(=O)Cc1c(F)cccc1F. The Bertz CT molecular complexity index is 485. The number of nitrogens with zero attached hydrogens (tertiary/aromatic N) is 1. The standard InChI is InChI=1S/C11H15F2NO3S/c1-2-14(6-7-15)18(16,17)8-9-10(12)4-3-5-11(9)13/h3-5,15H,2,6-8H2,1H3. The Morgan fingerprint density at radius 3 is 2.28 bits per heavy atom. The number of aliphatic hydroxyl groups is 1. The highest BCUT2D eigenvalue weighted by Crippen LogP contribution is 2.17. The average molecular weight is 279 g/mol. The van der Waals surface area contributed by atoms with Gasteiger partial charge in [-0.15, -0.1) is 0 Å². The quantitative estimate of drug-likeness (QED) is 0.848. The highest BCUT2D eigenvalue weighted by molar-refractivity contribution is 7.88. The highest BCUT2D eigenvalue weighted by atomic mass is 32.2. The van der Waals surface area contributed by atoms with Gasteiger partial charge in [0.1, 0.15) is 11.6 Å². The van der Waals surface area contributed by atoms with Crippen LogP contribution in [0.25, 0.3) is 0 Å². The Labute approximate surface area is 105 Å². The third kappa shape index (κ3) is 3.47. The molecule has 0 radical (unpaired) electrons. The van der Waals surface area contributed by atoms with E-state index in [4.69, 9.17) is 5.11 Å². The number of sulfonamides is 1. The van der Waals surface area contributed by atoms with Crippen molar-refractivity contribution in [2.24, 2.45) is 0 Å². The van der Waals surface area contributed by atoms with Crippen LogP contribution in [0.1, 0.15) is 12.5 Å². The molecule has 18 heavy (non-hydrogen) atoms. The topological polar surface area (TPSA) is 57.6 Å². The maximum absolute atomic E-state index is 13.4. The molecule has 0 saturated carbocycles. The van der Waals surface area contributed by atoms with Gasteiger partial charge in [0.15, 0.2) is 0 Å². The summed E-state index contributed by atoms with van der Waals surface area (Å²) in [5.41, 5.74) is -0.478. The lowest BCUT2D eigenvalue weighted by molar-refractivity contribution is 0.257. The fourth-order valence-electron chi connectivity index (χ4n) is 1.55. The monoisotopic (exact) mass is 279 g/mol. The van der Waals surface area contributed by atoms with Crippen molar-refractivity contribution in [2.75, 3.05) is 19.7 Å². The van der Waals surface area contributed by atoms with Crippen LogP contribution in [0, 0.1) is 11.6 Å². The number of rotatable bonds is 6. The van der Waals surface area contributed by atoms with E-state index in [2.05, 4.69) is 0 Å². The third-order valence-electron chi connectivity index (χ3n) is 2.48. The maximum atomic E-state index is 13.4. The summed E-state index contributed by atoms with van der Waals surface area (Å²) in [6, 6.07) is 3.19. The van der Waals surface area contributed by atoms with Crippen LogP contribution in [0.2, 0.25) is 0 Å². The van der Waals surface area contributed by atoms with Gasteiger partial charge in [-0.3, -0.25) is 0 Å². The summed E-state index contributed by atoms with van der Waals surface area (Å²) in [5, 5.41) is 8.75. The molecule has 0 atom stereocenters. The molecular weight excluding hydrogens is 264 g/mol. The molecule has 0 aromatic heterocycles. The van der Waals surface area contributed by atoms with Crippen LogP contribution in [0.5, 0.6) is 0 Å². The van der Waals surface area contributed by atoms with Gasteiger partial charge >= 0.3 is 0 Å². The van der Waals surface area contributed by atoms with Crippen LogP contribution < -0.4 is 0 Å².